The van der Waals surface area contributed by atoms with E-state index in [-0.39, 0.29) is 6.04 Å². The van der Waals surface area contributed by atoms with Crippen molar-refractivity contribution in [2.75, 3.05) is 7.05 Å². The first-order chi connectivity index (χ1) is 10.2. The molecule has 0 aliphatic heterocycles. The molecular weight excluding hydrogens is 254 g/mol. The van der Waals surface area contributed by atoms with Crippen LogP contribution in [0.3, 0.4) is 0 Å². The molecule has 0 aliphatic rings. The van der Waals surface area contributed by atoms with E-state index in [9.17, 15) is 0 Å². The van der Waals surface area contributed by atoms with Crippen molar-refractivity contribution in [3.63, 3.8) is 0 Å². The van der Waals surface area contributed by atoms with Gasteiger partial charge in [-0.3, -0.25) is 0 Å². The summed E-state index contributed by atoms with van der Waals surface area (Å²) < 4.78 is 0. The molecule has 1 nitrogen and oxygen atoms in total. The minimum atomic E-state index is 0.219. The van der Waals surface area contributed by atoms with E-state index in [0.29, 0.717) is 0 Å². The van der Waals surface area contributed by atoms with Crippen LogP contribution in [0.15, 0.2) is 60.7 Å². The second kappa shape index (κ2) is 5.71. The van der Waals surface area contributed by atoms with E-state index < -0.39 is 0 Å². The van der Waals surface area contributed by atoms with Gasteiger partial charge in [-0.2, -0.15) is 0 Å². The molecule has 0 saturated carbocycles. The molecule has 1 heteroatoms. The van der Waals surface area contributed by atoms with Gasteiger partial charge in [-0.05, 0) is 53.9 Å². The van der Waals surface area contributed by atoms with Gasteiger partial charge in [-0.25, -0.2) is 0 Å². The molecule has 0 aromatic heterocycles. The van der Waals surface area contributed by atoms with E-state index in [1.165, 1.54) is 33.0 Å². The smallest absolute Gasteiger partial charge is 0.0583 e. The molecule has 0 amide bonds. The summed E-state index contributed by atoms with van der Waals surface area (Å²) in [4.78, 5) is 0. The lowest BCUT2D eigenvalue weighted by atomic mass is 9.90. The molecule has 3 rings (SSSR count). The number of hydrogen-bond acceptors (Lipinski definition) is 1. The molecule has 0 heterocycles. The number of hydrogen-bond donors (Lipinski definition) is 1. The molecule has 21 heavy (non-hydrogen) atoms. The summed E-state index contributed by atoms with van der Waals surface area (Å²) in [7, 11) is 2.04. The number of fused-ring (bicyclic) bond motifs is 1. The van der Waals surface area contributed by atoms with Crippen molar-refractivity contribution in [3.05, 3.63) is 82.9 Å². The van der Waals surface area contributed by atoms with E-state index in [4.69, 9.17) is 0 Å². The fourth-order valence-electron chi connectivity index (χ4n) is 3.07. The highest BCUT2D eigenvalue weighted by molar-refractivity contribution is 5.86. The Hall–Kier alpha value is -2.12. The molecule has 0 fully saturated rings. The van der Waals surface area contributed by atoms with Crippen molar-refractivity contribution in [2.45, 2.75) is 19.9 Å². The van der Waals surface area contributed by atoms with Crippen molar-refractivity contribution in [1.82, 2.24) is 5.32 Å². The third-order valence-corrected chi connectivity index (χ3v) is 4.38. The monoisotopic (exact) mass is 275 g/mol. The van der Waals surface area contributed by atoms with Crippen LogP contribution in [0.5, 0.6) is 0 Å². The second-order valence-electron chi connectivity index (χ2n) is 5.58. The zero-order chi connectivity index (χ0) is 14.8. The predicted octanol–water partition coefficient (Wildman–Crippen LogP) is 4.77. The first kappa shape index (κ1) is 13.8. The first-order valence-corrected chi connectivity index (χ1v) is 7.43. The van der Waals surface area contributed by atoms with Crippen LogP contribution >= 0.6 is 0 Å². The maximum absolute atomic E-state index is 3.49. The predicted molar refractivity (Wildman–Crippen MR) is 90.8 cm³/mol. The molecule has 1 unspecified atom stereocenters. The van der Waals surface area contributed by atoms with Gasteiger partial charge in [-0.15, -0.1) is 0 Å². The van der Waals surface area contributed by atoms with Crippen molar-refractivity contribution >= 4 is 10.8 Å². The molecule has 0 spiro atoms. The van der Waals surface area contributed by atoms with Gasteiger partial charge in [0.05, 0.1) is 6.04 Å². The maximum atomic E-state index is 3.49. The lowest BCUT2D eigenvalue weighted by Gasteiger charge is -2.22. The molecule has 0 aliphatic carbocycles. The molecule has 106 valence electrons. The summed E-state index contributed by atoms with van der Waals surface area (Å²) in [5.41, 5.74) is 5.40. The quantitative estimate of drug-likeness (QED) is 0.726. The number of nitrogens with one attached hydrogen (secondary N) is 1. The Balaban J connectivity index is 2.21. The van der Waals surface area contributed by atoms with Gasteiger partial charge in [0, 0.05) is 0 Å². The Morgan fingerprint density at radius 2 is 1.43 bits per heavy atom. The summed E-state index contributed by atoms with van der Waals surface area (Å²) in [6, 6.07) is 21.9. The van der Waals surface area contributed by atoms with Crippen molar-refractivity contribution in [2.24, 2.45) is 0 Å². The molecular formula is C20H21N. The van der Waals surface area contributed by atoms with Crippen LogP contribution in [0.2, 0.25) is 0 Å². The normalized spacial score (nSPS) is 12.5. The Morgan fingerprint density at radius 3 is 2.24 bits per heavy atom. The topological polar surface area (TPSA) is 12.0 Å². The zero-order valence-electron chi connectivity index (χ0n) is 12.9. The van der Waals surface area contributed by atoms with E-state index in [1.54, 1.807) is 0 Å². The van der Waals surface area contributed by atoms with Gasteiger partial charge >= 0.3 is 0 Å². The lowest BCUT2D eigenvalue weighted by molar-refractivity contribution is 0.691. The molecule has 0 bridgehead atoms. The van der Waals surface area contributed by atoms with Gasteiger partial charge in [0.1, 0.15) is 0 Å². The van der Waals surface area contributed by atoms with E-state index in [2.05, 4.69) is 79.8 Å². The number of benzene rings is 3. The molecule has 0 saturated heterocycles. The van der Waals surface area contributed by atoms with Crippen LogP contribution in [0.25, 0.3) is 10.8 Å². The van der Waals surface area contributed by atoms with E-state index in [1.807, 2.05) is 7.05 Å². The number of rotatable bonds is 3. The third-order valence-electron chi connectivity index (χ3n) is 4.38. The third kappa shape index (κ3) is 2.45. The first-order valence-electron chi connectivity index (χ1n) is 7.43. The van der Waals surface area contributed by atoms with E-state index >= 15 is 0 Å². The highest BCUT2D eigenvalue weighted by Gasteiger charge is 2.16. The summed E-state index contributed by atoms with van der Waals surface area (Å²) >= 11 is 0. The summed E-state index contributed by atoms with van der Waals surface area (Å²) in [5, 5.41) is 6.11. The van der Waals surface area contributed by atoms with Gasteiger partial charge in [0.15, 0.2) is 0 Å². The molecule has 3 aromatic rings. The summed E-state index contributed by atoms with van der Waals surface area (Å²) in [5.74, 6) is 0. The second-order valence-corrected chi connectivity index (χ2v) is 5.58. The standard InChI is InChI=1S/C20H21N/c1-14-8-6-12-17(15(14)2)20(21-3)19-13-7-10-16-9-4-5-11-18(16)19/h4-13,20-21H,1-3H3. The van der Waals surface area contributed by atoms with Crippen LogP contribution in [-0.4, -0.2) is 7.05 Å². The van der Waals surface area contributed by atoms with Gasteiger partial charge in [-0.1, -0.05) is 60.7 Å². The van der Waals surface area contributed by atoms with Crippen LogP contribution in [0.4, 0.5) is 0 Å². The fraction of sp³-hybridized carbons (Fsp3) is 0.200. The highest BCUT2D eigenvalue weighted by Crippen LogP contribution is 2.31. The Labute approximate surface area is 126 Å². The Morgan fingerprint density at radius 1 is 0.762 bits per heavy atom. The number of aryl methyl sites for hydroxylation is 1. The van der Waals surface area contributed by atoms with Crippen molar-refractivity contribution < 1.29 is 0 Å². The minimum Gasteiger partial charge on any atom is -0.309 e. The summed E-state index contributed by atoms with van der Waals surface area (Å²) in [6.07, 6.45) is 0. The van der Waals surface area contributed by atoms with Crippen LogP contribution in [0, 0.1) is 13.8 Å². The Kier molecular flexibility index (Phi) is 3.76. The Bertz CT molecular complexity index is 768. The average molecular weight is 275 g/mol. The van der Waals surface area contributed by atoms with Crippen LogP contribution in [0.1, 0.15) is 28.3 Å². The highest BCUT2D eigenvalue weighted by atomic mass is 14.9. The molecule has 3 aromatic carbocycles. The van der Waals surface area contributed by atoms with Crippen molar-refractivity contribution in [1.29, 1.82) is 0 Å². The molecule has 1 atom stereocenters. The lowest BCUT2D eigenvalue weighted by Crippen LogP contribution is -2.19. The molecule has 1 N–H and O–H groups in total. The largest absolute Gasteiger partial charge is 0.309 e. The van der Waals surface area contributed by atoms with Gasteiger partial charge in [0.2, 0.25) is 0 Å². The van der Waals surface area contributed by atoms with Crippen LogP contribution in [-0.2, 0) is 0 Å². The van der Waals surface area contributed by atoms with E-state index in [0.717, 1.165) is 0 Å². The maximum Gasteiger partial charge on any atom is 0.0583 e. The zero-order valence-corrected chi connectivity index (χ0v) is 12.9. The minimum absolute atomic E-state index is 0.219. The van der Waals surface area contributed by atoms with Crippen molar-refractivity contribution in [3.8, 4) is 0 Å². The fourth-order valence-corrected chi connectivity index (χ4v) is 3.07. The average Bonchev–Trinajstić information content (AvgIpc) is 2.52. The van der Waals surface area contributed by atoms with Gasteiger partial charge < -0.3 is 5.32 Å². The summed E-state index contributed by atoms with van der Waals surface area (Å²) in [6.45, 7) is 4.38. The SMILES string of the molecule is CNC(c1cccc(C)c1C)c1cccc2ccccc12. The van der Waals surface area contributed by atoms with Gasteiger partial charge in [0.25, 0.3) is 0 Å². The van der Waals surface area contributed by atoms with Crippen LogP contribution < -0.4 is 5.32 Å². The molecule has 0 radical (unpaired) electrons.